The van der Waals surface area contributed by atoms with Crippen LogP contribution in [0.4, 0.5) is 0 Å². The smallest absolute Gasteiger partial charge is 0.125 e. The molecule has 2 aromatic rings. The van der Waals surface area contributed by atoms with Crippen LogP contribution in [0.2, 0.25) is 0 Å². The van der Waals surface area contributed by atoms with Crippen molar-refractivity contribution in [3.63, 3.8) is 0 Å². The first-order chi connectivity index (χ1) is 8.38. The number of aryl methyl sites for hydroxylation is 1. The Balaban J connectivity index is 1.76. The summed E-state index contributed by atoms with van der Waals surface area (Å²) in [4.78, 5) is 0. The van der Waals surface area contributed by atoms with Gasteiger partial charge in [0.05, 0.1) is 0 Å². The molecule has 1 aromatic heterocycles. The molecule has 0 saturated carbocycles. The summed E-state index contributed by atoms with van der Waals surface area (Å²) in [7, 11) is 0. The number of rotatable bonds is 4. The molecule has 0 bridgehead atoms. The molecule has 17 heavy (non-hydrogen) atoms. The van der Waals surface area contributed by atoms with Crippen LogP contribution in [-0.4, -0.2) is 16.1 Å². The highest BCUT2D eigenvalue weighted by Gasteiger charge is 2.29. The maximum absolute atomic E-state index is 5.68. The topological polar surface area (TPSA) is 25.8 Å². The number of hydrogen-bond acceptors (Lipinski definition) is 3. The molecule has 1 heterocycles. The van der Waals surface area contributed by atoms with Crippen molar-refractivity contribution in [2.45, 2.75) is 25.2 Å². The first-order valence-electron chi connectivity index (χ1n) is 5.84. The summed E-state index contributed by atoms with van der Waals surface area (Å²) < 4.78 is 0. The minimum absolute atomic E-state index is 0.480. The summed E-state index contributed by atoms with van der Waals surface area (Å²) in [5.74, 6) is 1.18. The molecule has 0 N–H and O–H groups in total. The van der Waals surface area contributed by atoms with Gasteiger partial charge >= 0.3 is 0 Å². The fourth-order valence-electron chi connectivity index (χ4n) is 2.21. The fourth-order valence-corrected chi connectivity index (χ4v) is 3.34. The average Bonchev–Trinajstić information content (AvgIpc) is 2.76. The first-order valence-corrected chi connectivity index (χ1v) is 7.19. The molecule has 3 rings (SSSR count). The van der Waals surface area contributed by atoms with Crippen molar-refractivity contribution in [1.29, 1.82) is 0 Å². The van der Waals surface area contributed by atoms with E-state index in [4.69, 9.17) is 11.6 Å². The van der Waals surface area contributed by atoms with E-state index in [0.29, 0.717) is 11.8 Å². The third kappa shape index (κ3) is 2.09. The van der Waals surface area contributed by atoms with Crippen LogP contribution >= 0.6 is 22.9 Å². The van der Waals surface area contributed by atoms with Crippen LogP contribution in [0.5, 0.6) is 0 Å². The van der Waals surface area contributed by atoms with Gasteiger partial charge in [0.2, 0.25) is 0 Å². The van der Waals surface area contributed by atoms with Gasteiger partial charge in [-0.3, -0.25) is 0 Å². The van der Waals surface area contributed by atoms with Crippen LogP contribution in [0.1, 0.15) is 33.5 Å². The molecule has 4 heteroatoms. The predicted octanol–water partition coefficient (Wildman–Crippen LogP) is 3.40. The Morgan fingerprint density at radius 1 is 1.29 bits per heavy atom. The SMILES string of the molecule is ClCCCc1nnc(C2Cc3ccccc32)s1. The maximum atomic E-state index is 5.68. The fraction of sp³-hybridized carbons (Fsp3) is 0.385. The lowest BCUT2D eigenvalue weighted by molar-refractivity contribution is 0.691. The average molecular weight is 265 g/mol. The molecule has 1 aromatic carbocycles. The summed E-state index contributed by atoms with van der Waals surface area (Å²) in [5.41, 5.74) is 2.88. The Morgan fingerprint density at radius 2 is 2.18 bits per heavy atom. The highest BCUT2D eigenvalue weighted by molar-refractivity contribution is 7.11. The normalized spacial score (nSPS) is 17.6. The van der Waals surface area contributed by atoms with E-state index in [9.17, 15) is 0 Å². The molecule has 1 atom stereocenters. The number of benzene rings is 1. The Hall–Kier alpha value is -0.930. The number of nitrogens with zero attached hydrogens (tertiary/aromatic N) is 2. The zero-order valence-corrected chi connectivity index (χ0v) is 11.0. The second-order valence-corrected chi connectivity index (χ2v) is 5.75. The lowest BCUT2D eigenvalue weighted by Crippen LogP contribution is -2.17. The zero-order valence-electron chi connectivity index (χ0n) is 9.40. The van der Waals surface area contributed by atoms with Gasteiger partial charge in [0.25, 0.3) is 0 Å². The molecule has 0 amide bonds. The standard InChI is InChI=1S/C13H13ClN2S/c14-7-3-6-12-15-16-13(17-12)11-8-9-4-1-2-5-10(9)11/h1-2,4-5,11H,3,6-8H2. The van der Waals surface area contributed by atoms with Crippen LogP contribution in [0.15, 0.2) is 24.3 Å². The van der Waals surface area contributed by atoms with Gasteiger partial charge in [-0.1, -0.05) is 24.3 Å². The van der Waals surface area contributed by atoms with Gasteiger partial charge in [0.1, 0.15) is 10.0 Å². The minimum atomic E-state index is 0.480. The molecule has 2 nitrogen and oxygen atoms in total. The maximum Gasteiger partial charge on any atom is 0.125 e. The highest BCUT2D eigenvalue weighted by atomic mass is 35.5. The van der Waals surface area contributed by atoms with E-state index in [1.807, 2.05) is 0 Å². The van der Waals surface area contributed by atoms with Gasteiger partial charge < -0.3 is 0 Å². The number of aromatic nitrogens is 2. The minimum Gasteiger partial charge on any atom is -0.144 e. The van der Waals surface area contributed by atoms with Crippen LogP contribution in [0.25, 0.3) is 0 Å². The molecule has 0 fully saturated rings. The van der Waals surface area contributed by atoms with Crippen molar-refractivity contribution in [1.82, 2.24) is 10.2 Å². The van der Waals surface area contributed by atoms with Crippen LogP contribution < -0.4 is 0 Å². The Bertz CT molecular complexity index is 524. The Morgan fingerprint density at radius 3 is 3.00 bits per heavy atom. The number of fused-ring (bicyclic) bond motifs is 1. The van der Waals surface area contributed by atoms with Gasteiger partial charge in [-0.05, 0) is 24.0 Å². The summed E-state index contributed by atoms with van der Waals surface area (Å²) in [6.07, 6.45) is 3.05. The van der Waals surface area contributed by atoms with E-state index in [2.05, 4.69) is 34.5 Å². The monoisotopic (exact) mass is 264 g/mol. The zero-order chi connectivity index (χ0) is 11.7. The molecular weight excluding hydrogens is 252 g/mol. The Labute approximate surface area is 110 Å². The summed E-state index contributed by atoms with van der Waals surface area (Å²) >= 11 is 7.42. The third-order valence-electron chi connectivity index (χ3n) is 3.16. The van der Waals surface area contributed by atoms with Crippen molar-refractivity contribution < 1.29 is 0 Å². The number of halogens is 1. The van der Waals surface area contributed by atoms with E-state index < -0.39 is 0 Å². The molecule has 1 aliphatic carbocycles. The molecule has 88 valence electrons. The van der Waals surface area contributed by atoms with Crippen molar-refractivity contribution >= 4 is 22.9 Å². The third-order valence-corrected chi connectivity index (χ3v) is 4.52. The van der Waals surface area contributed by atoms with Gasteiger partial charge in [-0.15, -0.1) is 33.1 Å². The summed E-state index contributed by atoms with van der Waals surface area (Å²) in [6.45, 7) is 0. The Kier molecular flexibility index (Phi) is 3.12. The predicted molar refractivity (Wildman–Crippen MR) is 70.9 cm³/mol. The van der Waals surface area contributed by atoms with E-state index in [1.165, 1.54) is 11.1 Å². The summed E-state index contributed by atoms with van der Waals surface area (Å²) in [6, 6.07) is 8.59. The quantitative estimate of drug-likeness (QED) is 0.791. The lowest BCUT2D eigenvalue weighted by atomic mass is 9.78. The second kappa shape index (κ2) is 4.75. The van der Waals surface area contributed by atoms with Crippen LogP contribution in [-0.2, 0) is 12.8 Å². The van der Waals surface area contributed by atoms with E-state index in [0.717, 1.165) is 29.3 Å². The van der Waals surface area contributed by atoms with Gasteiger partial charge in [0, 0.05) is 18.2 Å². The van der Waals surface area contributed by atoms with Crippen molar-refractivity contribution in [3.05, 3.63) is 45.4 Å². The van der Waals surface area contributed by atoms with Crippen molar-refractivity contribution in [2.75, 3.05) is 5.88 Å². The van der Waals surface area contributed by atoms with Gasteiger partial charge in [-0.25, -0.2) is 0 Å². The second-order valence-electron chi connectivity index (χ2n) is 4.28. The first kappa shape index (κ1) is 11.2. The van der Waals surface area contributed by atoms with Gasteiger partial charge in [0.15, 0.2) is 0 Å². The summed E-state index contributed by atoms with van der Waals surface area (Å²) in [5, 5.41) is 10.8. The molecule has 0 spiro atoms. The molecule has 1 aliphatic rings. The molecular formula is C13H13ClN2S. The van der Waals surface area contributed by atoms with E-state index >= 15 is 0 Å². The van der Waals surface area contributed by atoms with E-state index in [-0.39, 0.29) is 0 Å². The van der Waals surface area contributed by atoms with Crippen LogP contribution in [0.3, 0.4) is 0 Å². The number of hydrogen-bond donors (Lipinski definition) is 0. The van der Waals surface area contributed by atoms with E-state index in [1.54, 1.807) is 11.3 Å². The van der Waals surface area contributed by atoms with Crippen LogP contribution in [0, 0.1) is 0 Å². The molecule has 0 aliphatic heterocycles. The van der Waals surface area contributed by atoms with Crippen molar-refractivity contribution in [3.8, 4) is 0 Å². The molecule has 0 radical (unpaired) electrons. The van der Waals surface area contributed by atoms with Gasteiger partial charge in [-0.2, -0.15) is 0 Å². The molecule has 1 unspecified atom stereocenters. The largest absolute Gasteiger partial charge is 0.144 e. The highest BCUT2D eigenvalue weighted by Crippen LogP contribution is 2.40. The van der Waals surface area contributed by atoms with Crippen molar-refractivity contribution in [2.24, 2.45) is 0 Å². The lowest BCUT2D eigenvalue weighted by Gasteiger charge is -2.27. The molecule has 0 saturated heterocycles. The number of alkyl halides is 1.